The summed E-state index contributed by atoms with van der Waals surface area (Å²) in [5.41, 5.74) is 0.201. The average molecular weight is 254 g/mol. The number of benzene rings is 1. The van der Waals surface area contributed by atoms with Gasteiger partial charge >= 0.3 is 0 Å². The van der Waals surface area contributed by atoms with Crippen LogP contribution in [0.5, 0.6) is 0 Å². The molecule has 0 saturated carbocycles. The largest absolute Gasteiger partial charge is 0.380 e. The van der Waals surface area contributed by atoms with Gasteiger partial charge in [0.25, 0.3) is 0 Å². The second-order valence-electron chi connectivity index (χ2n) is 5.04. The van der Waals surface area contributed by atoms with Crippen molar-refractivity contribution in [2.24, 2.45) is 5.41 Å². The van der Waals surface area contributed by atoms with Gasteiger partial charge < -0.3 is 4.74 Å². The average Bonchev–Trinajstić information content (AvgIpc) is 2.28. The van der Waals surface area contributed by atoms with Crippen molar-refractivity contribution in [1.82, 2.24) is 0 Å². The lowest BCUT2D eigenvalue weighted by molar-refractivity contribution is -0.105. The Morgan fingerprint density at radius 2 is 1.88 bits per heavy atom. The summed E-state index contributed by atoms with van der Waals surface area (Å²) < 4.78 is 29.1. The van der Waals surface area contributed by atoms with Gasteiger partial charge in [-0.1, -0.05) is 25.1 Å². The first-order valence-corrected chi connectivity index (χ1v) is 7.53. The Morgan fingerprint density at radius 3 is 2.41 bits per heavy atom. The summed E-state index contributed by atoms with van der Waals surface area (Å²) in [5.74, 6) is 0.229. The minimum Gasteiger partial charge on any atom is -0.380 e. The molecule has 17 heavy (non-hydrogen) atoms. The van der Waals surface area contributed by atoms with Gasteiger partial charge in [0.2, 0.25) is 0 Å². The van der Waals surface area contributed by atoms with Crippen molar-refractivity contribution in [2.45, 2.75) is 24.7 Å². The molecular weight excluding hydrogens is 236 g/mol. The fourth-order valence-corrected chi connectivity index (χ4v) is 3.36. The quantitative estimate of drug-likeness (QED) is 0.809. The third-order valence-corrected chi connectivity index (χ3v) is 5.01. The van der Waals surface area contributed by atoms with E-state index in [2.05, 4.69) is 6.92 Å². The highest BCUT2D eigenvalue weighted by molar-refractivity contribution is 7.91. The molecule has 0 aliphatic carbocycles. The first-order valence-electron chi connectivity index (χ1n) is 5.87. The van der Waals surface area contributed by atoms with Crippen LogP contribution >= 0.6 is 0 Å². The fourth-order valence-electron chi connectivity index (χ4n) is 2.03. The van der Waals surface area contributed by atoms with Crippen molar-refractivity contribution in [3.63, 3.8) is 0 Å². The van der Waals surface area contributed by atoms with Crippen molar-refractivity contribution in [3.8, 4) is 0 Å². The lowest BCUT2D eigenvalue weighted by atomic mass is 9.84. The van der Waals surface area contributed by atoms with E-state index in [1.54, 1.807) is 24.3 Å². The Labute approximate surface area is 103 Å². The van der Waals surface area contributed by atoms with Crippen LogP contribution in [0.2, 0.25) is 0 Å². The van der Waals surface area contributed by atoms with Crippen LogP contribution in [0.15, 0.2) is 35.2 Å². The lowest BCUT2D eigenvalue weighted by Crippen LogP contribution is -2.39. The molecule has 0 aromatic heterocycles. The van der Waals surface area contributed by atoms with Crippen LogP contribution < -0.4 is 0 Å². The third kappa shape index (κ3) is 3.07. The van der Waals surface area contributed by atoms with Gasteiger partial charge in [0.1, 0.15) is 0 Å². The smallest absolute Gasteiger partial charge is 0.178 e. The van der Waals surface area contributed by atoms with Gasteiger partial charge in [-0.05, 0) is 25.0 Å². The molecule has 94 valence electrons. The molecule has 0 bridgehead atoms. The van der Waals surface area contributed by atoms with Crippen LogP contribution in [0.25, 0.3) is 0 Å². The Bertz CT molecular complexity index is 461. The molecule has 0 spiro atoms. The molecule has 4 heteroatoms. The molecule has 3 nitrogen and oxygen atoms in total. The summed E-state index contributed by atoms with van der Waals surface area (Å²) in [6.07, 6.45) is 1.62. The van der Waals surface area contributed by atoms with Gasteiger partial charge in [0.15, 0.2) is 9.84 Å². The zero-order valence-corrected chi connectivity index (χ0v) is 10.9. The minimum atomic E-state index is -3.11. The molecule has 1 heterocycles. The highest BCUT2D eigenvalue weighted by Gasteiger charge is 2.33. The van der Waals surface area contributed by atoms with Crippen molar-refractivity contribution in [1.29, 1.82) is 0 Å². The number of rotatable bonds is 5. The van der Waals surface area contributed by atoms with Gasteiger partial charge in [0.05, 0.1) is 23.9 Å². The molecule has 0 unspecified atom stereocenters. The molecule has 0 radical (unpaired) electrons. The van der Waals surface area contributed by atoms with Crippen molar-refractivity contribution in [2.75, 3.05) is 19.0 Å². The minimum absolute atomic E-state index is 0.201. The van der Waals surface area contributed by atoms with Crippen LogP contribution in [-0.2, 0) is 14.6 Å². The topological polar surface area (TPSA) is 43.4 Å². The molecule has 1 aromatic carbocycles. The van der Waals surface area contributed by atoms with E-state index in [4.69, 9.17) is 4.74 Å². The molecule has 0 amide bonds. The van der Waals surface area contributed by atoms with Crippen LogP contribution in [0.1, 0.15) is 19.8 Å². The summed E-state index contributed by atoms with van der Waals surface area (Å²) in [4.78, 5) is 0.426. The predicted molar refractivity (Wildman–Crippen MR) is 66.7 cm³/mol. The molecular formula is C13H18O3S. The van der Waals surface area contributed by atoms with Gasteiger partial charge in [-0.3, -0.25) is 0 Å². The normalized spacial score (nSPS) is 18.6. The molecule has 1 saturated heterocycles. The Balaban J connectivity index is 1.90. The Kier molecular flexibility index (Phi) is 3.54. The van der Waals surface area contributed by atoms with Crippen LogP contribution in [0.3, 0.4) is 0 Å². The Morgan fingerprint density at radius 1 is 1.24 bits per heavy atom. The number of ether oxygens (including phenoxy) is 1. The van der Waals surface area contributed by atoms with E-state index in [9.17, 15) is 8.42 Å². The van der Waals surface area contributed by atoms with E-state index < -0.39 is 9.84 Å². The van der Waals surface area contributed by atoms with Crippen LogP contribution in [0, 0.1) is 5.41 Å². The van der Waals surface area contributed by atoms with E-state index in [0.717, 1.165) is 19.6 Å². The second kappa shape index (κ2) is 4.78. The first kappa shape index (κ1) is 12.6. The van der Waals surface area contributed by atoms with Crippen molar-refractivity contribution < 1.29 is 13.2 Å². The summed E-state index contributed by atoms with van der Waals surface area (Å²) >= 11 is 0. The molecule has 0 atom stereocenters. The van der Waals surface area contributed by atoms with Gasteiger partial charge in [-0.2, -0.15) is 0 Å². The Hall–Kier alpha value is -0.870. The third-order valence-electron chi connectivity index (χ3n) is 3.20. The lowest BCUT2D eigenvalue weighted by Gasteiger charge is -2.38. The van der Waals surface area contributed by atoms with Crippen molar-refractivity contribution >= 4 is 9.84 Å². The van der Waals surface area contributed by atoms with E-state index in [0.29, 0.717) is 11.3 Å². The molecule has 1 aliphatic rings. The monoisotopic (exact) mass is 254 g/mol. The predicted octanol–water partition coefficient (Wildman–Crippen LogP) is 2.28. The molecule has 2 rings (SSSR count). The van der Waals surface area contributed by atoms with Gasteiger partial charge in [-0.25, -0.2) is 8.42 Å². The molecule has 1 aromatic rings. The highest BCUT2D eigenvalue weighted by atomic mass is 32.2. The maximum absolute atomic E-state index is 12.0. The SMILES string of the molecule is CC1(CCCS(=O)(=O)c2ccccc2)COC1. The summed E-state index contributed by atoms with van der Waals surface area (Å²) in [6.45, 7) is 3.67. The zero-order chi connectivity index (χ0) is 12.4. The van der Waals surface area contributed by atoms with Crippen LogP contribution in [-0.4, -0.2) is 27.4 Å². The summed E-state index contributed by atoms with van der Waals surface area (Å²) in [6, 6.07) is 8.65. The van der Waals surface area contributed by atoms with Crippen molar-refractivity contribution in [3.05, 3.63) is 30.3 Å². The fraction of sp³-hybridized carbons (Fsp3) is 0.538. The summed E-state index contributed by atoms with van der Waals surface area (Å²) in [5, 5.41) is 0. The second-order valence-corrected chi connectivity index (χ2v) is 7.15. The number of hydrogen-bond donors (Lipinski definition) is 0. The van der Waals surface area contributed by atoms with E-state index in [-0.39, 0.29) is 11.2 Å². The van der Waals surface area contributed by atoms with Gasteiger partial charge in [-0.15, -0.1) is 0 Å². The van der Waals surface area contributed by atoms with E-state index >= 15 is 0 Å². The first-order chi connectivity index (χ1) is 8.02. The van der Waals surface area contributed by atoms with Gasteiger partial charge in [0, 0.05) is 5.41 Å². The van der Waals surface area contributed by atoms with Crippen LogP contribution in [0.4, 0.5) is 0 Å². The number of hydrogen-bond acceptors (Lipinski definition) is 3. The number of sulfone groups is 1. The van der Waals surface area contributed by atoms with E-state index in [1.165, 1.54) is 0 Å². The molecule has 1 fully saturated rings. The maximum atomic E-state index is 12.0. The summed E-state index contributed by atoms with van der Waals surface area (Å²) in [7, 11) is -3.11. The molecule has 1 aliphatic heterocycles. The van der Waals surface area contributed by atoms with E-state index in [1.807, 2.05) is 6.07 Å². The molecule has 0 N–H and O–H groups in total. The standard InChI is InChI=1S/C13H18O3S/c1-13(10-16-11-13)8-5-9-17(14,15)12-6-3-2-4-7-12/h2-4,6-7H,5,8-11H2,1H3. The zero-order valence-electron chi connectivity index (χ0n) is 10.1. The maximum Gasteiger partial charge on any atom is 0.178 e. The highest BCUT2D eigenvalue weighted by Crippen LogP contribution is 2.32.